The van der Waals surface area contributed by atoms with Gasteiger partial charge in [-0.2, -0.15) is 21.6 Å². The molecule has 0 spiro atoms. The van der Waals surface area contributed by atoms with Gasteiger partial charge in [0.05, 0.1) is 5.69 Å². The Morgan fingerprint density at radius 1 is 0.844 bits per heavy atom. The maximum atomic E-state index is 10.7. The molecule has 2 rings (SSSR count). The third-order valence-electron chi connectivity index (χ3n) is 4.30. The van der Waals surface area contributed by atoms with Crippen molar-refractivity contribution >= 4 is 27.5 Å². The smallest absolute Gasteiger partial charge is 0.369 e. The van der Waals surface area contributed by atoms with E-state index in [1.807, 2.05) is 24.3 Å². The zero-order chi connectivity index (χ0) is 25.0. The van der Waals surface area contributed by atoms with E-state index in [1.54, 1.807) is 0 Å². The van der Waals surface area contributed by atoms with Crippen LogP contribution in [0.4, 0.5) is 24.5 Å². The van der Waals surface area contributed by atoms with E-state index in [0.29, 0.717) is 5.96 Å². The number of nitrogens with one attached hydrogen (secondary N) is 1. The minimum atomic E-state index is -5.84. The summed E-state index contributed by atoms with van der Waals surface area (Å²) < 4.78 is 57.5. The number of nitrogens with zero attached hydrogens (tertiary/aromatic N) is 1. The maximum Gasteiger partial charge on any atom is 0.522 e. The fourth-order valence-corrected chi connectivity index (χ4v) is 2.40. The molecule has 0 fully saturated rings. The summed E-state index contributed by atoms with van der Waals surface area (Å²) in [5.74, 6) is 0.391. The molecule has 178 valence electrons. The number of aliphatic imine (C=N–C) groups is 1. The molecule has 0 aliphatic rings. The van der Waals surface area contributed by atoms with Crippen molar-refractivity contribution < 1.29 is 26.1 Å². The Morgan fingerprint density at radius 2 is 1.19 bits per heavy atom. The van der Waals surface area contributed by atoms with Gasteiger partial charge in [-0.25, -0.2) is 4.99 Å². The van der Waals surface area contributed by atoms with Crippen LogP contribution in [0.25, 0.3) is 0 Å². The number of guanidine groups is 1. The van der Waals surface area contributed by atoms with Gasteiger partial charge in [0.1, 0.15) is 0 Å². The summed E-state index contributed by atoms with van der Waals surface area (Å²) in [6, 6.07) is 16.5. The fourth-order valence-electron chi connectivity index (χ4n) is 2.40. The van der Waals surface area contributed by atoms with Crippen LogP contribution in [0.3, 0.4) is 0 Å². The molecular formula is C22H30F3N3O3S. The van der Waals surface area contributed by atoms with Crippen molar-refractivity contribution in [3.63, 3.8) is 0 Å². The molecule has 2 aromatic rings. The highest BCUT2D eigenvalue weighted by atomic mass is 32.2. The Hall–Kier alpha value is -2.59. The number of anilines is 1. The van der Waals surface area contributed by atoms with E-state index < -0.39 is 15.6 Å². The molecule has 4 N–H and O–H groups in total. The van der Waals surface area contributed by atoms with Crippen molar-refractivity contribution in [1.82, 2.24) is 0 Å². The normalized spacial score (nSPS) is 13.2. The number of alkyl halides is 3. The van der Waals surface area contributed by atoms with Gasteiger partial charge in [-0.1, -0.05) is 65.8 Å². The van der Waals surface area contributed by atoms with Gasteiger partial charge in [0.2, 0.25) is 0 Å². The second-order valence-corrected chi connectivity index (χ2v) is 10.6. The molecule has 0 aliphatic carbocycles. The third-order valence-corrected chi connectivity index (χ3v) is 4.88. The molecule has 0 aromatic heterocycles. The number of hydrogen-bond donors (Lipinski definition) is 3. The van der Waals surface area contributed by atoms with Crippen molar-refractivity contribution in [3.8, 4) is 0 Å². The predicted octanol–water partition coefficient (Wildman–Crippen LogP) is 5.73. The largest absolute Gasteiger partial charge is 0.522 e. The quantitative estimate of drug-likeness (QED) is 0.223. The van der Waals surface area contributed by atoms with E-state index in [2.05, 4.69) is 76.1 Å². The van der Waals surface area contributed by atoms with Crippen molar-refractivity contribution in [2.75, 3.05) is 5.32 Å². The molecule has 2 aromatic carbocycles. The molecule has 10 heteroatoms. The molecule has 0 radical (unpaired) electrons. The lowest BCUT2D eigenvalue weighted by molar-refractivity contribution is -0.0510. The highest BCUT2D eigenvalue weighted by Crippen LogP contribution is 2.25. The monoisotopic (exact) mass is 473 g/mol. The lowest BCUT2D eigenvalue weighted by Crippen LogP contribution is -2.22. The van der Waals surface area contributed by atoms with Gasteiger partial charge >= 0.3 is 15.6 Å². The molecule has 0 saturated carbocycles. The van der Waals surface area contributed by atoms with E-state index in [9.17, 15) is 13.2 Å². The minimum absolute atomic E-state index is 0.140. The molecule has 32 heavy (non-hydrogen) atoms. The van der Waals surface area contributed by atoms with E-state index in [0.717, 1.165) is 11.4 Å². The lowest BCUT2D eigenvalue weighted by atomic mass is 9.87. The summed E-state index contributed by atoms with van der Waals surface area (Å²) in [7, 11) is -5.84. The topological polar surface area (TPSA) is 105 Å². The van der Waals surface area contributed by atoms with E-state index in [4.69, 9.17) is 18.7 Å². The van der Waals surface area contributed by atoms with Gasteiger partial charge in [-0.05, 0) is 46.2 Å². The zero-order valence-corrected chi connectivity index (χ0v) is 19.8. The van der Waals surface area contributed by atoms with Crippen LogP contribution in [-0.2, 0) is 20.9 Å². The first-order chi connectivity index (χ1) is 14.3. The number of halogens is 3. The Kier molecular flexibility index (Phi) is 8.50. The molecular weight excluding hydrogens is 443 g/mol. The van der Waals surface area contributed by atoms with Crippen LogP contribution < -0.4 is 11.1 Å². The Morgan fingerprint density at radius 3 is 1.50 bits per heavy atom. The van der Waals surface area contributed by atoms with Crippen LogP contribution in [-0.4, -0.2) is 24.4 Å². The molecule has 0 saturated heterocycles. The number of nitrogens with two attached hydrogens (primary N) is 1. The van der Waals surface area contributed by atoms with E-state index >= 15 is 0 Å². The summed E-state index contributed by atoms with van der Waals surface area (Å²) in [5.41, 5.74) is 5.14. The van der Waals surface area contributed by atoms with Crippen molar-refractivity contribution in [1.29, 1.82) is 0 Å². The molecule has 0 aliphatic heterocycles. The predicted molar refractivity (Wildman–Crippen MR) is 123 cm³/mol. The highest BCUT2D eigenvalue weighted by molar-refractivity contribution is 7.86. The Balaban J connectivity index is 0.000000547. The number of hydrogen-bond acceptors (Lipinski definition) is 3. The highest BCUT2D eigenvalue weighted by Gasteiger charge is 2.44. The first kappa shape index (κ1) is 27.4. The summed E-state index contributed by atoms with van der Waals surface area (Å²) in [6.07, 6.45) is 0. The Bertz CT molecular complexity index is 1020. The van der Waals surface area contributed by atoms with E-state index in [-0.39, 0.29) is 10.8 Å². The van der Waals surface area contributed by atoms with Gasteiger partial charge in [0, 0.05) is 5.69 Å². The Labute approximate surface area is 187 Å². The number of benzene rings is 2. The summed E-state index contributed by atoms with van der Waals surface area (Å²) in [6.45, 7) is 13.2. The van der Waals surface area contributed by atoms with Crippen molar-refractivity contribution in [2.24, 2.45) is 10.7 Å². The van der Waals surface area contributed by atoms with Crippen molar-refractivity contribution in [3.05, 3.63) is 59.7 Å². The lowest BCUT2D eigenvalue weighted by Gasteiger charge is -2.19. The van der Waals surface area contributed by atoms with E-state index in [1.165, 1.54) is 11.1 Å². The average Bonchev–Trinajstić information content (AvgIpc) is 2.60. The van der Waals surface area contributed by atoms with Gasteiger partial charge in [-0.3, -0.25) is 4.55 Å². The zero-order valence-electron chi connectivity index (χ0n) is 18.9. The standard InChI is InChI=1S/C21H29N3.CHF3O3S/c1-20(2,3)15-7-11-17(12-8-15)23-19(22)24-18-13-9-16(10-14-18)21(4,5)6;2-1(3,4)8(5,6)7/h7-14H,1-6H3,(H3,22,23,24);(H,5,6,7). The first-order valence-corrected chi connectivity index (χ1v) is 11.1. The molecule has 6 nitrogen and oxygen atoms in total. The molecule has 0 atom stereocenters. The van der Waals surface area contributed by atoms with Crippen LogP contribution in [0, 0.1) is 0 Å². The maximum absolute atomic E-state index is 10.7. The summed E-state index contributed by atoms with van der Waals surface area (Å²) >= 11 is 0. The van der Waals surface area contributed by atoms with Gasteiger partial charge in [-0.15, -0.1) is 0 Å². The van der Waals surface area contributed by atoms with Crippen LogP contribution in [0.1, 0.15) is 52.7 Å². The van der Waals surface area contributed by atoms with Crippen LogP contribution in [0.2, 0.25) is 0 Å². The molecule has 0 heterocycles. The summed E-state index contributed by atoms with van der Waals surface area (Å²) in [5, 5.41) is 3.14. The second kappa shape index (κ2) is 9.91. The SMILES string of the molecule is CC(C)(C)c1ccc(N=C(N)Nc2ccc(C(C)(C)C)cc2)cc1.O=S(=O)(O)C(F)(F)F. The summed E-state index contributed by atoms with van der Waals surface area (Å²) in [4.78, 5) is 4.43. The molecule has 0 amide bonds. The first-order valence-electron chi connectivity index (χ1n) is 9.67. The third kappa shape index (κ3) is 8.88. The number of rotatable bonds is 2. The molecule has 0 bridgehead atoms. The second-order valence-electron chi connectivity index (χ2n) is 9.17. The van der Waals surface area contributed by atoms with Gasteiger partial charge in [0.25, 0.3) is 0 Å². The van der Waals surface area contributed by atoms with Crippen LogP contribution in [0.15, 0.2) is 53.5 Å². The minimum Gasteiger partial charge on any atom is -0.369 e. The van der Waals surface area contributed by atoms with Crippen LogP contribution in [0.5, 0.6) is 0 Å². The van der Waals surface area contributed by atoms with Gasteiger partial charge in [0.15, 0.2) is 5.96 Å². The van der Waals surface area contributed by atoms with Crippen molar-refractivity contribution in [2.45, 2.75) is 57.9 Å². The van der Waals surface area contributed by atoms with Gasteiger partial charge < -0.3 is 11.1 Å². The average molecular weight is 474 g/mol. The molecule has 0 unspecified atom stereocenters. The van der Waals surface area contributed by atoms with Crippen LogP contribution >= 0.6 is 0 Å². The fraction of sp³-hybridized carbons (Fsp3) is 0.409.